The van der Waals surface area contributed by atoms with Crippen LogP contribution in [0.3, 0.4) is 0 Å². The Morgan fingerprint density at radius 3 is 2.52 bits per heavy atom. The number of pyridine rings is 1. The van der Waals surface area contributed by atoms with E-state index in [2.05, 4.69) is 15.2 Å². The second kappa shape index (κ2) is 9.21. The van der Waals surface area contributed by atoms with Crippen LogP contribution < -0.4 is 15.8 Å². The highest BCUT2D eigenvalue weighted by molar-refractivity contribution is 6.05. The maximum atomic E-state index is 12.5. The first kappa shape index (κ1) is 20.4. The number of rotatable bonds is 7. The summed E-state index contributed by atoms with van der Waals surface area (Å²) in [7, 11) is 4.02. The fourth-order valence-corrected chi connectivity index (χ4v) is 2.86. The lowest BCUT2D eigenvalue weighted by atomic mass is 10.0. The van der Waals surface area contributed by atoms with Crippen molar-refractivity contribution >= 4 is 17.3 Å². The maximum absolute atomic E-state index is 12.5. The molecule has 0 saturated heterocycles. The predicted octanol–water partition coefficient (Wildman–Crippen LogP) is 3.83. The van der Waals surface area contributed by atoms with E-state index in [4.69, 9.17) is 10.5 Å². The van der Waals surface area contributed by atoms with Gasteiger partial charge in [-0.15, -0.1) is 0 Å². The molecule has 0 fully saturated rings. The lowest BCUT2D eigenvalue weighted by Crippen LogP contribution is -2.19. The Labute approximate surface area is 171 Å². The zero-order chi connectivity index (χ0) is 20.8. The van der Waals surface area contributed by atoms with E-state index in [1.807, 2.05) is 51.4 Å². The molecule has 1 heterocycles. The number of aryl methyl sites for hydroxylation is 1. The fourth-order valence-electron chi connectivity index (χ4n) is 2.86. The molecule has 0 saturated carbocycles. The van der Waals surface area contributed by atoms with Gasteiger partial charge >= 0.3 is 0 Å². The molecule has 0 aliphatic rings. The van der Waals surface area contributed by atoms with Crippen LogP contribution in [-0.2, 0) is 0 Å². The number of likely N-dealkylation sites (N-methyl/N-ethyl adjacent to an activating group) is 1. The molecule has 0 aliphatic carbocycles. The van der Waals surface area contributed by atoms with E-state index in [0.29, 0.717) is 23.5 Å². The predicted molar refractivity (Wildman–Crippen MR) is 117 cm³/mol. The molecular formula is C23H26N4O2. The normalized spacial score (nSPS) is 10.8. The average molecular weight is 390 g/mol. The number of carbonyl (C=O) groups is 1. The monoisotopic (exact) mass is 390 g/mol. The lowest BCUT2D eigenvalue weighted by molar-refractivity contribution is 0.102. The van der Waals surface area contributed by atoms with E-state index >= 15 is 0 Å². The molecule has 2 aromatic carbocycles. The highest BCUT2D eigenvalue weighted by atomic mass is 16.5. The minimum absolute atomic E-state index is 0.205. The number of carbonyl (C=O) groups excluding carboxylic acids is 1. The van der Waals surface area contributed by atoms with Crippen LogP contribution in [0.2, 0.25) is 0 Å². The number of nitrogens with two attached hydrogens (primary N) is 1. The van der Waals surface area contributed by atoms with Crippen LogP contribution in [-0.4, -0.2) is 43.0 Å². The molecular weight excluding hydrogens is 364 g/mol. The summed E-state index contributed by atoms with van der Waals surface area (Å²) in [6.07, 6.45) is 1.73. The van der Waals surface area contributed by atoms with Crippen molar-refractivity contribution < 1.29 is 9.53 Å². The van der Waals surface area contributed by atoms with Crippen molar-refractivity contribution in [2.24, 2.45) is 0 Å². The Kier molecular flexibility index (Phi) is 6.46. The van der Waals surface area contributed by atoms with Gasteiger partial charge in [-0.25, -0.2) is 0 Å². The molecule has 6 heteroatoms. The zero-order valence-corrected chi connectivity index (χ0v) is 17.0. The number of anilines is 2. The number of amides is 1. The molecule has 1 aromatic heterocycles. The molecule has 3 N–H and O–H groups in total. The minimum Gasteiger partial charge on any atom is -0.491 e. The topological polar surface area (TPSA) is 80.5 Å². The highest BCUT2D eigenvalue weighted by Crippen LogP contribution is 2.25. The molecule has 0 atom stereocenters. The Morgan fingerprint density at radius 2 is 1.86 bits per heavy atom. The van der Waals surface area contributed by atoms with Crippen LogP contribution in [0.5, 0.6) is 5.75 Å². The molecule has 150 valence electrons. The molecule has 3 rings (SSSR count). The summed E-state index contributed by atoms with van der Waals surface area (Å²) >= 11 is 0. The van der Waals surface area contributed by atoms with Crippen LogP contribution in [0.25, 0.3) is 11.3 Å². The molecule has 1 amide bonds. The van der Waals surface area contributed by atoms with Gasteiger partial charge < -0.3 is 20.7 Å². The van der Waals surface area contributed by atoms with Crippen molar-refractivity contribution in [2.45, 2.75) is 6.92 Å². The van der Waals surface area contributed by atoms with Crippen LogP contribution in [0.4, 0.5) is 11.4 Å². The number of benzene rings is 2. The number of hydrogen-bond donors (Lipinski definition) is 2. The minimum atomic E-state index is -0.205. The van der Waals surface area contributed by atoms with E-state index in [-0.39, 0.29) is 5.91 Å². The van der Waals surface area contributed by atoms with Crippen LogP contribution in [0, 0.1) is 6.92 Å². The van der Waals surface area contributed by atoms with Gasteiger partial charge in [0.1, 0.15) is 12.4 Å². The van der Waals surface area contributed by atoms with Crippen molar-refractivity contribution in [1.29, 1.82) is 0 Å². The average Bonchev–Trinajstić information content (AvgIpc) is 2.70. The van der Waals surface area contributed by atoms with Crippen LogP contribution in [0.1, 0.15) is 15.9 Å². The standard InChI is InChI=1S/C23H26N4O2/c1-16-14-19(29-13-12-27(2)3)15-25-22(16)17-8-10-18(11-9-17)23(28)26-21-7-5-4-6-20(21)24/h4-11,14-15H,12-13,24H2,1-3H3,(H,26,28). The maximum Gasteiger partial charge on any atom is 0.255 e. The van der Waals surface area contributed by atoms with Gasteiger partial charge in [0.2, 0.25) is 0 Å². The summed E-state index contributed by atoms with van der Waals surface area (Å²) in [4.78, 5) is 19.1. The number of nitrogens with one attached hydrogen (secondary N) is 1. The van der Waals surface area contributed by atoms with E-state index in [9.17, 15) is 4.79 Å². The highest BCUT2D eigenvalue weighted by Gasteiger charge is 2.10. The van der Waals surface area contributed by atoms with E-state index < -0.39 is 0 Å². The van der Waals surface area contributed by atoms with Gasteiger partial charge in [0.25, 0.3) is 5.91 Å². The third-order valence-electron chi connectivity index (χ3n) is 4.49. The smallest absolute Gasteiger partial charge is 0.255 e. The third kappa shape index (κ3) is 5.33. The number of aromatic nitrogens is 1. The van der Waals surface area contributed by atoms with Crippen molar-refractivity contribution in [2.75, 3.05) is 38.3 Å². The SMILES string of the molecule is Cc1cc(OCCN(C)C)cnc1-c1ccc(C(=O)Nc2ccccc2N)cc1. The number of nitrogen functional groups attached to an aromatic ring is 1. The number of nitrogens with zero attached hydrogens (tertiary/aromatic N) is 2. The number of para-hydroxylation sites is 2. The summed E-state index contributed by atoms with van der Waals surface area (Å²) < 4.78 is 5.74. The number of ether oxygens (including phenoxy) is 1. The largest absolute Gasteiger partial charge is 0.491 e. The van der Waals surface area contributed by atoms with Crippen LogP contribution >= 0.6 is 0 Å². The first-order valence-corrected chi connectivity index (χ1v) is 9.44. The lowest BCUT2D eigenvalue weighted by Gasteiger charge is -2.12. The molecule has 6 nitrogen and oxygen atoms in total. The third-order valence-corrected chi connectivity index (χ3v) is 4.49. The Hall–Kier alpha value is -3.38. The summed E-state index contributed by atoms with van der Waals surface area (Å²) in [5, 5.41) is 2.83. The molecule has 0 bridgehead atoms. The second-order valence-corrected chi connectivity index (χ2v) is 7.11. The van der Waals surface area contributed by atoms with Gasteiger partial charge in [-0.2, -0.15) is 0 Å². The first-order valence-electron chi connectivity index (χ1n) is 9.44. The Balaban J connectivity index is 1.69. The summed E-state index contributed by atoms with van der Waals surface area (Å²) in [5.74, 6) is 0.549. The molecule has 3 aromatic rings. The van der Waals surface area contributed by atoms with E-state index in [1.165, 1.54) is 0 Å². The van der Waals surface area contributed by atoms with E-state index in [1.54, 1.807) is 30.5 Å². The van der Waals surface area contributed by atoms with E-state index in [0.717, 1.165) is 29.1 Å². The van der Waals surface area contributed by atoms with Gasteiger partial charge in [-0.3, -0.25) is 9.78 Å². The van der Waals surface area contributed by atoms with Gasteiger partial charge in [0.15, 0.2) is 0 Å². The Morgan fingerprint density at radius 1 is 1.14 bits per heavy atom. The Bertz CT molecular complexity index is 984. The fraction of sp³-hybridized carbons (Fsp3) is 0.217. The second-order valence-electron chi connectivity index (χ2n) is 7.11. The molecule has 0 spiro atoms. The summed E-state index contributed by atoms with van der Waals surface area (Å²) in [6.45, 7) is 3.46. The van der Waals surface area contributed by atoms with Crippen molar-refractivity contribution in [3.05, 3.63) is 71.9 Å². The molecule has 0 aliphatic heterocycles. The number of hydrogen-bond acceptors (Lipinski definition) is 5. The van der Waals surface area contributed by atoms with Gasteiger partial charge in [0, 0.05) is 17.7 Å². The van der Waals surface area contributed by atoms with Gasteiger partial charge in [-0.05, 0) is 56.9 Å². The van der Waals surface area contributed by atoms with Crippen molar-refractivity contribution in [3.8, 4) is 17.0 Å². The summed E-state index contributed by atoms with van der Waals surface area (Å²) in [5.41, 5.74) is 10.4. The van der Waals surface area contributed by atoms with Gasteiger partial charge in [-0.1, -0.05) is 24.3 Å². The quantitative estimate of drug-likeness (QED) is 0.599. The molecule has 0 unspecified atom stereocenters. The summed E-state index contributed by atoms with van der Waals surface area (Å²) in [6, 6.07) is 16.5. The first-order chi connectivity index (χ1) is 13.9. The molecule has 29 heavy (non-hydrogen) atoms. The van der Waals surface area contributed by atoms with Crippen molar-refractivity contribution in [1.82, 2.24) is 9.88 Å². The zero-order valence-electron chi connectivity index (χ0n) is 17.0. The van der Waals surface area contributed by atoms with Crippen molar-refractivity contribution in [3.63, 3.8) is 0 Å². The van der Waals surface area contributed by atoms with Gasteiger partial charge in [0.05, 0.1) is 23.3 Å². The molecule has 0 radical (unpaired) electrons. The van der Waals surface area contributed by atoms with Crippen LogP contribution in [0.15, 0.2) is 60.8 Å².